The van der Waals surface area contributed by atoms with Crippen molar-refractivity contribution in [2.45, 2.75) is 32.9 Å². The second-order valence-electron chi connectivity index (χ2n) is 3.43. The van der Waals surface area contributed by atoms with Crippen LogP contribution in [0.25, 0.3) is 0 Å². The molecule has 0 heterocycles. The van der Waals surface area contributed by atoms with Crippen LogP contribution >= 0.6 is 27.5 Å². The van der Waals surface area contributed by atoms with Crippen LogP contribution in [0.15, 0.2) is 22.7 Å². The largest absolute Gasteiger partial charge is 0.310 e. The second-order valence-corrected chi connectivity index (χ2v) is 4.75. The first kappa shape index (κ1) is 12.0. The van der Waals surface area contributed by atoms with Gasteiger partial charge in [0.15, 0.2) is 0 Å². The highest BCUT2D eigenvalue weighted by Crippen LogP contribution is 2.21. The smallest absolute Gasteiger partial charge is 0.0462 e. The van der Waals surface area contributed by atoms with Crippen LogP contribution in [0.2, 0.25) is 5.02 Å². The molecule has 1 aromatic rings. The minimum Gasteiger partial charge on any atom is -0.310 e. The minimum atomic E-state index is 0.537. The summed E-state index contributed by atoms with van der Waals surface area (Å²) in [6.45, 7) is 5.18. The van der Waals surface area contributed by atoms with E-state index in [2.05, 4.69) is 35.1 Å². The van der Waals surface area contributed by atoms with E-state index in [0.29, 0.717) is 6.04 Å². The zero-order chi connectivity index (χ0) is 10.6. The van der Waals surface area contributed by atoms with E-state index in [1.54, 1.807) is 0 Å². The van der Waals surface area contributed by atoms with Crippen molar-refractivity contribution in [1.29, 1.82) is 0 Å². The SMILES string of the molecule is CCC(C)NCc1ccc(Br)cc1Cl. The Balaban J connectivity index is 2.59. The monoisotopic (exact) mass is 275 g/mol. The van der Waals surface area contributed by atoms with Crippen LogP contribution in [0.3, 0.4) is 0 Å². The van der Waals surface area contributed by atoms with Crippen LogP contribution in [0, 0.1) is 0 Å². The number of hydrogen-bond donors (Lipinski definition) is 1. The Kier molecular flexibility index (Phi) is 4.93. The molecule has 0 bridgehead atoms. The first-order valence-electron chi connectivity index (χ1n) is 4.80. The quantitative estimate of drug-likeness (QED) is 0.877. The highest BCUT2D eigenvalue weighted by Gasteiger charge is 2.02. The van der Waals surface area contributed by atoms with E-state index in [4.69, 9.17) is 11.6 Å². The summed E-state index contributed by atoms with van der Waals surface area (Å²) in [6, 6.07) is 6.52. The standard InChI is InChI=1S/C11H15BrClN/c1-3-8(2)14-7-9-4-5-10(12)6-11(9)13/h4-6,8,14H,3,7H2,1-2H3. The third-order valence-electron chi connectivity index (χ3n) is 2.27. The molecule has 0 amide bonds. The van der Waals surface area contributed by atoms with Gasteiger partial charge < -0.3 is 5.32 Å². The van der Waals surface area contributed by atoms with Gasteiger partial charge in [-0.15, -0.1) is 0 Å². The Morgan fingerprint density at radius 2 is 2.21 bits per heavy atom. The number of halogens is 2. The third-order valence-corrected chi connectivity index (χ3v) is 3.11. The van der Waals surface area contributed by atoms with Crippen molar-refractivity contribution < 1.29 is 0 Å². The van der Waals surface area contributed by atoms with Gasteiger partial charge in [0, 0.05) is 22.1 Å². The van der Waals surface area contributed by atoms with Crippen molar-refractivity contribution in [1.82, 2.24) is 5.32 Å². The van der Waals surface area contributed by atoms with Crippen LogP contribution in [0.1, 0.15) is 25.8 Å². The molecule has 0 aliphatic rings. The number of hydrogen-bond acceptors (Lipinski definition) is 1. The van der Waals surface area contributed by atoms with E-state index in [1.807, 2.05) is 18.2 Å². The fourth-order valence-electron chi connectivity index (χ4n) is 1.09. The Hall–Kier alpha value is -0.0500. The first-order chi connectivity index (χ1) is 6.63. The molecule has 0 aliphatic heterocycles. The van der Waals surface area contributed by atoms with Gasteiger partial charge >= 0.3 is 0 Å². The van der Waals surface area contributed by atoms with E-state index in [1.165, 1.54) is 0 Å². The molecule has 1 atom stereocenters. The molecule has 1 rings (SSSR count). The molecule has 78 valence electrons. The Labute approximate surface area is 99.0 Å². The maximum Gasteiger partial charge on any atom is 0.0462 e. The highest BCUT2D eigenvalue weighted by atomic mass is 79.9. The zero-order valence-corrected chi connectivity index (χ0v) is 10.8. The van der Waals surface area contributed by atoms with Crippen LogP contribution < -0.4 is 5.32 Å². The molecule has 1 unspecified atom stereocenters. The molecule has 0 radical (unpaired) electrons. The van der Waals surface area contributed by atoms with Gasteiger partial charge in [-0.2, -0.15) is 0 Å². The fourth-order valence-corrected chi connectivity index (χ4v) is 1.83. The lowest BCUT2D eigenvalue weighted by atomic mass is 10.2. The minimum absolute atomic E-state index is 0.537. The van der Waals surface area contributed by atoms with Gasteiger partial charge in [-0.1, -0.05) is 40.5 Å². The summed E-state index contributed by atoms with van der Waals surface area (Å²) in [5.74, 6) is 0. The molecule has 0 aliphatic carbocycles. The first-order valence-corrected chi connectivity index (χ1v) is 5.98. The molecule has 0 saturated heterocycles. The van der Waals surface area contributed by atoms with Crippen molar-refractivity contribution in [3.05, 3.63) is 33.3 Å². The van der Waals surface area contributed by atoms with Crippen molar-refractivity contribution in [3.63, 3.8) is 0 Å². The zero-order valence-electron chi connectivity index (χ0n) is 8.48. The average Bonchev–Trinajstić information content (AvgIpc) is 2.16. The van der Waals surface area contributed by atoms with Crippen molar-refractivity contribution >= 4 is 27.5 Å². The van der Waals surface area contributed by atoms with Gasteiger partial charge in [-0.3, -0.25) is 0 Å². The van der Waals surface area contributed by atoms with Gasteiger partial charge in [0.25, 0.3) is 0 Å². The average molecular weight is 277 g/mol. The van der Waals surface area contributed by atoms with Crippen LogP contribution in [0.4, 0.5) is 0 Å². The lowest BCUT2D eigenvalue weighted by Gasteiger charge is -2.12. The second kappa shape index (κ2) is 5.74. The lowest BCUT2D eigenvalue weighted by molar-refractivity contribution is 0.534. The topological polar surface area (TPSA) is 12.0 Å². The molecule has 0 fully saturated rings. The number of rotatable bonds is 4. The normalized spacial score (nSPS) is 12.9. The predicted octanol–water partition coefficient (Wildman–Crippen LogP) is 3.99. The highest BCUT2D eigenvalue weighted by molar-refractivity contribution is 9.10. The molecule has 14 heavy (non-hydrogen) atoms. The summed E-state index contributed by atoms with van der Waals surface area (Å²) in [5.41, 5.74) is 1.15. The van der Waals surface area contributed by atoms with Crippen molar-refractivity contribution in [3.8, 4) is 0 Å². The molecule has 3 heteroatoms. The molecule has 1 N–H and O–H groups in total. The van der Waals surface area contributed by atoms with E-state index >= 15 is 0 Å². The van der Waals surface area contributed by atoms with E-state index < -0.39 is 0 Å². The Morgan fingerprint density at radius 1 is 1.50 bits per heavy atom. The predicted molar refractivity (Wildman–Crippen MR) is 65.7 cm³/mol. The molecule has 0 saturated carbocycles. The Bertz CT molecular complexity index is 301. The summed E-state index contributed by atoms with van der Waals surface area (Å²) in [4.78, 5) is 0. The van der Waals surface area contributed by atoms with Crippen LogP contribution in [0.5, 0.6) is 0 Å². The molecular formula is C11H15BrClN. The maximum absolute atomic E-state index is 6.09. The lowest BCUT2D eigenvalue weighted by Crippen LogP contribution is -2.24. The van der Waals surface area contributed by atoms with E-state index in [9.17, 15) is 0 Å². The van der Waals surface area contributed by atoms with Crippen LogP contribution in [-0.2, 0) is 6.54 Å². The number of benzene rings is 1. The van der Waals surface area contributed by atoms with Gasteiger partial charge in [-0.25, -0.2) is 0 Å². The van der Waals surface area contributed by atoms with Gasteiger partial charge in [0.05, 0.1) is 0 Å². The molecule has 0 spiro atoms. The maximum atomic E-state index is 6.09. The molecule has 1 nitrogen and oxygen atoms in total. The summed E-state index contributed by atoms with van der Waals surface area (Å²) >= 11 is 9.47. The summed E-state index contributed by atoms with van der Waals surface area (Å²) < 4.78 is 1.02. The molecule has 0 aromatic heterocycles. The van der Waals surface area contributed by atoms with Gasteiger partial charge in [0.1, 0.15) is 0 Å². The summed E-state index contributed by atoms with van der Waals surface area (Å²) in [7, 11) is 0. The fraction of sp³-hybridized carbons (Fsp3) is 0.455. The summed E-state index contributed by atoms with van der Waals surface area (Å²) in [6.07, 6.45) is 1.13. The Morgan fingerprint density at radius 3 is 2.79 bits per heavy atom. The van der Waals surface area contributed by atoms with E-state index in [0.717, 1.165) is 28.0 Å². The van der Waals surface area contributed by atoms with Gasteiger partial charge in [-0.05, 0) is 31.0 Å². The third kappa shape index (κ3) is 3.60. The summed E-state index contributed by atoms with van der Waals surface area (Å²) in [5, 5.41) is 4.22. The van der Waals surface area contributed by atoms with Crippen molar-refractivity contribution in [2.75, 3.05) is 0 Å². The number of nitrogens with one attached hydrogen (secondary N) is 1. The van der Waals surface area contributed by atoms with Crippen LogP contribution in [-0.4, -0.2) is 6.04 Å². The van der Waals surface area contributed by atoms with Gasteiger partial charge in [0.2, 0.25) is 0 Å². The molecule has 1 aromatic carbocycles. The van der Waals surface area contributed by atoms with Crippen molar-refractivity contribution in [2.24, 2.45) is 0 Å². The molecular weight excluding hydrogens is 261 g/mol. The van der Waals surface area contributed by atoms with E-state index in [-0.39, 0.29) is 0 Å².